The van der Waals surface area contributed by atoms with Crippen LogP contribution in [0.5, 0.6) is 0 Å². The van der Waals surface area contributed by atoms with Crippen molar-refractivity contribution in [2.75, 3.05) is 6.61 Å². The number of hydrogen-bond donors (Lipinski definition) is 2. The minimum Gasteiger partial charge on any atom is -0.388 e. The zero-order valence-corrected chi connectivity index (χ0v) is 10.0. The van der Waals surface area contributed by atoms with E-state index in [9.17, 15) is 23.1 Å². The highest BCUT2D eigenvalue weighted by Crippen LogP contribution is 2.23. The molecule has 5 nitrogen and oxygen atoms in total. The van der Waals surface area contributed by atoms with Gasteiger partial charge in [0.25, 0.3) is 0 Å². The molecule has 1 aliphatic rings. The lowest BCUT2D eigenvalue weighted by molar-refractivity contribution is -0.226. The molecule has 0 aliphatic carbocycles. The largest absolute Gasteiger partial charge is 0.471 e. The number of halogens is 3. The number of aliphatic hydroxyl groups excluding tert-OH is 1. The lowest BCUT2D eigenvalue weighted by Gasteiger charge is -2.37. The van der Waals surface area contributed by atoms with Crippen molar-refractivity contribution in [3.05, 3.63) is 0 Å². The standard InChI is InChI=1S/C10H16F3NO4/c1-3-17-7-4-6(8(15)5(2)18-7)14-9(16)10(11,12)13/h5-8,15H,3-4H2,1-2H3,(H,14,16)/t5-,6-,7+,8+/m0/s1. The summed E-state index contributed by atoms with van der Waals surface area (Å²) in [6.45, 7) is 3.54. The molecular weight excluding hydrogens is 255 g/mol. The van der Waals surface area contributed by atoms with Gasteiger partial charge in [-0.15, -0.1) is 0 Å². The molecular formula is C10H16F3NO4. The molecule has 8 heteroatoms. The van der Waals surface area contributed by atoms with Crippen molar-refractivity contribution in [3.63, 3.8) is 0 Å². The molecule has 0 saturated carbocycles. The van der Waals surface area contributed by atoms with E-state index >= 15 is 0 Å². The molecule has 0 spiro atoms. The van der Waals surface area contributed by atoms with Gasteiger partial charge in [0.2, 0.25) is 0 Å². The van der Waals surface area contributed by atoms with Crippen LogP contribution in [0.15, 0.2) is 0 Å². The van der Waals surface area contributed by atoms with Gasteiger partial charge in [-0.2, -0.15) is 13.2 Å². The first-order chi connectivity index (χ1) is 8.25. The molecule has 2 N–H and O–H groups in total. The van der Waals surface area contributed by atoms with Crippen LogP contribution < -0.4 is 5.32 Å². The monoisotopic (exact) mass is 271 g/mol. The minimum absolute atomic E-state index is 0.0266. The fourth-order valence-electron chi connectivity index (χ4n) is 1.74. The molecule has 1 aliphatic heterocycles. The van der Waals surface area contributed by atoms with Crippen LogP contribution in [0.25, 0.3) is 0 Å². The molecule has 1 amide bonds. The minimum atomic E-state index is -4.97. The van der Waals surface area contributed by atoms with Crippen molar-refractivity contribution in [1.82, 2.24) is 5.32 Å². The molecule has 0 aromatic heterocycles. The molecule has 0 aromatic rings. The van der Waals surface area contributed by atoms with Crippen LogP contribution >= 0.6 is 0 Å². The highest BCUT2D eigenvalue weighted by atomic mass is 19.4. The zero-order chi connectivity index (χ0) is 13.9. The number of amides is 1. The van der Waals surface area contributed by atoms with E-state index in [1.54, 1.807) is 12.2 Å². The highest BCUT2D eigenvalue weighted by Gasteiger charge is 2.43. The van der Waals surface area contributed by atoms with Gasteiger partial charge >= 0.3 is 12.1 Å². The Kier molecular flexibility index (Phi) is 4.94. The quantitative estimate of drug-likeness (QED) is 0.787. The molecule has 0 unspecified atom stereocenters. The van der Waals surface area contributed by atoms with E-state index in [4.69, 9.17) is 9.47 Å². The molecule has 1 fully saturated rings. The van der Waals surface area contributed by atoms with E-state index in [0.29, 0.717) is 6.61 Å². The second-order valence-corrected chi connectivity index (χ2v) is 4.03. The van der Waals surface area contributed by atoms with Gasteiger partial charge in [-0.3, -0.25) is 4.79 Å². The Morgan fingerprint density at radius 3 is 2.67 bits per heavy atom. The fraction of sp³-hybridized carbons (Fsp3) is 0.900. The Morgan fingerprint density at radius 2 is 2.17 bits per heavy atom. The molecule has 106 valence electrons. The van der Waals surface area contributed by atoms with Crippen LogP contribution in [0.3, 0.4) is 0 Å². The first kappa shape index (κ1) is 15.2. The van der Waals surface area contributed by atoms with Crippen molar-refractivity contribution < 1.29 is 32.5 Å². The van der Waals surface area contributed by atoms with Gasteiger partial charge in [0, 0.05) is 13.0 Å². The van der Waals surface area contributed by atoms with E-state index < -0.39 is 36.6 Å². The average Bonchev–Trinajstić information content (AvgIpc) is 2.24. The van der Waals surface area contributed by atoms with E-state index in [-0.39, 0.29) is 6.42 Å². The van der Waals surface area contributed by atoms with Crippen LogP contribution in [0.1, 0.15) is 20.3 Å². The Bertz CT molecular complexity index is 297. The number of carbonyl (C=O) groups excluding carboxylic acids is 1. The maximum atomic E-state index is 12.1. The summed E-state index contributed by atoms with van der Waals surface area (Å²) >= 11 is 0. The number of rotatable bonds is 3. The Hall–Kier alpha value is -0.860. The Balaban J connectivity index is 2.64. The maximum absolute atomic E-state index is 12.1. The van der Waals surface area contributed by atoms with E-state index in [1.807, 2.05) is 0 Å². The number of alkyl halides is 3. The molecule has 0 radical (unpaired) electrons. The second-order valence-electron chi connectivity index (χ2n) is 4.03. The predicted molar refractivity (Wildman–Crippen MR) is 54.6 cm³/mol. The third kappa shape index (κ3) is 3.82. The van der Waals surface area contributed by atoms with Crippen molar-refractivity contribution in [2.45, 2.75) is 51.0 Å². The maximum Gasteiger partial charge on any atom is 0.471 e. The summed E-state index contributed by atoms with van der Waals surface area (Å²) in [4.78, 5) is 10.8. The van der Waals surface area contributed by atoms with Gasteiger partial charge in [0.1, 0.15) is 6.10 Å². The lowest BCUT2D eigenvalue weighted by Crippen LogP contribution is -2.57. The molecule has 1 heterocycles. The van der Waals surface area contributed by atoms with E-state index in [0.717, 1.165) is 0 Å². The molecule has 18 heavy (non-hydrogen) atoms. The van der Waals surface area contributed by atoms with Crippen LogP contribution in [0.4, 0.5) is 13.2 Å². The van der Waals surface area contributed by atoms with Crippen molar-refractivity contribution in [2.24, 2.45) is 0 Å². The van der Waals surface area contributed by atoms with Gasteiger partial charge in [-0.05, 0) is 13.8 Å². The van der Waals surface area contributed by atoms with Crippen molar-refractivity contribution >= 4 is 5.91 Å². The van der Waals surface area contributed by atoms with Gasteiger partial charge in [0.15, 0.2) is 6.29 Å². The molecule has 0 bridgehead atoms. The summed E-state index contributed by atoms with van der Waals surface area (Å²) in [5.74, 6) is -2.07. The second kappa shape index (κ2) is 5.85. The first-order valence-corrected chi connectivity index (χ1v) is 5.58. The average molecular weight is 271 g/mol. The summed E-state index contributed by atoms with van der Waals surface area (Å²) in [5, 5.41) is 11.4. The van der Waals surface area contributed by atoms with E-state index in [1.165, 1.54) is 6.92 Å². The number of hydrogen-bond acceptors (Lipinski definition) is 4. The van der Waals surface area contributed by atoms with Gasteiger partial charge in [-0.1, -0.05) is 0 Å². The number of nitrogens with one attached hydrogen (secondary N) is 1. The van der Waals surface area contributed by atoms with Crippen LogP contribution in [-0.2, 0) is 14.3 Å². The smallest absolute Gasteiger partial charge is 0.388 e. The highest BCUT2D eigenvalue weighted by molar-refractivity contribution is 5.82. The van der Waals surface area contributed by atoms with Crippen LogP contribution in [0, 0.1) is 0 Å². The van der Waals surface area contributed by atoms with Crippen LogP contribution in [0.2, 0.25) is 0 Å². The van der Waals surface area contributed by atoms with Gasteiger partial charge in [-0.25, -0.2) is 0 Å². The number of ether oxygens (including phenoxy) is 2. The number of carbonyl (C=O) groups is 1. The van der Waals surface area contributed by atoms with Gasteiger partial charge < -0.3 is 19.9 Å². The Labute approximate surface area is 102 Å². The van der Waals surface area contributed by atoms with E-state index in [2.05, 4.69) is 0 Å². The normalized spacial score (nSPS) is 33.2. The summed E-state index contributed by atoms with van der Waals surface area (Å²) in [5.41, 5.74) is 0. The third-order valence-electron chi connectivity index (χ3n) is 2.63. The predicted octanol–water partition coefficient (Wildman–Crippen LogP) is 0.566. The summed E-state index contributed by atoms with van der Waals surface area (Å²) < 4.78 is 46.7. The summed E-state index contributed by atoms with van der Waals surface area (Å²) in [7, 11) is 0. The van der Waals surface area contributed by atoms with Crippen molar-refractivity contribution in [1.29, 1.82) is 0 Å². The van der Waals surface area contributed by atoms with Crippen molar-refractivity contribution in [3.8, 4) is 0 Å². The fourth-order valence-corrected chi connectivity index (χ4v) is 1.74. The molecule has 4 atom stereocenters. The molecule has 1 rings (SSSR count). The Morgan fingerprint density at radius 1 is 1.56 bits per heavy atom. The third-order valence-corrected chi connectivity index (χ3v) is 2.63. The van der Waals surface area contributed by atoms with Gasteiger partial charge in [0.05, 0.1) is 12.1 Å². The lowest BCUT2D eigenvalue weighted by atomic mass is 9.99. The molecule has 1 saturated heterocycles. The van der Waals surface area contributed by atoms with Crippen LogP contribution in [-0.4, -0.2) is 48.3 Å². The molecule has 0 aromatic carbocycles. The SMILES string of the molecule is CCO[C@H]1C[C@H](NC(=O)C(F)(F)F)[C@H](O)[C@H](C)O1. The first-order valence-electron chi connectivity index (χ1n) is 5.58. The summed E-state index contributed by atoms with van der Waals surface area (Å²) in [6.07, 6.45) is -7.64. The zero-order valence-electron chi connectivity index (χ0n) is 10.0. The topological polar surface area (TPSA) is 67.8 Å². The summed E-state index contributed by atoms with van der Waals surface area (Å²) in [6, 6.07) is -1.04. The number of aliphatic hydroxyl groups is 1.